The van der Waals surface area contributed by atoms with Gasteiger partial charge in [0, 0.05) is 40.0 Å². The van der Waals surface area contributed by atoms with Crippen molar-refractivity contribution in [1.82, 2.24) is 0 Å². The van der Waals surface area contributed by atoms with Crippen molar-refractivity contribution in [1.29, 1.82) is 0 Å². The molecule has 0 spiro atoms. The maximum absolute atomic E-state index is 11.8. The largest absolute Gasteiger partial charge is 1.00 e. The van der Waals surface area contributed by atoms with Crippen molar-refractivity contribution in [2.45, 2.75) is 51.9 Å². The summed E-state index contributed by atoms with van der Waals surface area (Å²) in [5.74, 6) is -1.21. The fraction of sp³-hybridized carbons (Fsp3) is 0.344. The molecule has 12 heteroatoms. The minimum absolute atomic E-state index is 0. The van der Waals surface area contributed by atoms with Crippen LogP contribution in [0, 0.1) is 5.92 Å². The number of rotatable bonds is 7. The van der Waals surface area contributed by atoms with Gasteiger partial charge in [0.05, 0.1) is 5.41 Å². The van der Waals surface area contributed by atoms with Crippen molar-refractivity contribution in [3.63, 3.8) is 0 Å². The summed E-state index contributed by atoms with van der Waals surface area (Å²) in [6, 6.07) is 14.9. The summed E-state index contributed by atoms with van der Waals surface area (Å²) in [6.07, 6.45) is 8.90. The van der Waals surface area contributed by atoms with Crippen LogP contribution in [0.15, 0.2) is 94.7 Å². The Labute approximate surface area is 287 Å². The minimum atomic E-state index is -4.55. The minimum Gasteiger partial charge on any atom is -0.747 e. The van der Waals surface area contributed by atoms with E-state index in [9.17, 15) is 25.9 Å². The summed E-state index contributed by atoms with van der Waals surface area (Å²) < 4.78 is 72.4. The van der Waals surface area contributed by atoms with Crippen molar-refractivity contribution in [3.05, 3.63) is 106 Å². The Kier molecular flexibility index (Phi) is 10.3. The topological polar surface area (TPSA) is 121 Å². The number of hydrogen-bond donors (Lipinski definition) is 0. The van der Waals surface area contributed by atoms with E-state index in [1.165, 1.54) is 0 Å². The van der Waals surface area contributed by atoms with Crippen LogP contribution in [0.1, 0.15) is 57.6 Å². The predicted molar refractivity (Wildman–Crippen MR) is 167 cm³/mol. The number of halogens is 1. The maximum Gasteiger partial charge on any atom is 1.00 e. The molecule has 0 N–H and O–H groups in total. The Morgan fingerprint density at radius 1 is 0.955 bits per heavy atom. The summed E-state index contributed by atoms with van der Waals surface area (Å²) in [5, 5.41) is 0.564. The van der Waals surface area contributed by atoms with Crippen LogP contribution in [0.3, 0.4) is 0 Å². The number of hydrogen-bond acceptors (Lipinski definition) is 7. The SMILES string of the molecule is CC1CC(/C=C/C2=[N+](CS(=O)(=O)[O-])c3ccccc3C2(C)C)=C(Cl)C(=C/C=C2\C(C)c3ccccc3N2CS(=O)(=O)[O-])/C1.[Na+]. The second kappa shape index (κ2) is 13.0. The van der Waals surface area contributed by atoms with Crippen molar-refractivity contribution >= 4 is 48.9 Å². The van der Waals surface area contributed by atoms with Gasteiger partial charge in [0.25, 0.3) is 0 Å². The van der Waals surface area contributed by atoms with Gasteiger partial charge in [-0.15, -0.1) is 0 Å². The van der Waals surface area contributed by atoms with Crippen LogP contribution in [-0.2, 0) is 25.7 Å². The number of para-hydroxylation sites is 2. The molecule has 0 saturated carbocycles. The van der Waals surface area contributed by atoms with Crippen molar-refractivity contribution in [3.8, 4) is 0 Å². The zero-order valence-electron chi connectivity index (χ0n) is 25.4. The van der Waals surface area contributed by atoms with Crippen molar-refractivity contribution < 1.29 is 60.1 Å². The van der Waals surface area contributed by atoms with Crippen molar-refractivity contribution in [2.75, 3.05) is 16.7 Å². The Hall–Kier alpha value is -2.02. The van der Waals surface area contributed by atoms with E-state index < -0.39 is 37.4 Å². The second-order valence-electron chi connectivity index (χ2n) is 12.0. The molecule has 228 valence electrons. The van der Waals surface area contributed by atoms with Crippen molar-refractivity contribution in [2.24, 2.45) is 5.92 Å². The van der Waals surface area contributed by atoms with E-state index in [-0.39, 0.29) is 41.4 Å². The number of anilines is 1. The maximum atomic E-state index is 11.8. The Balaban J connectivity index is 0.00000442. The van der Waals surface area contributed by atoms with Gasteiger partial charge in [0.1, 0.15) is 16.0 Å². The number of fused-ring (bicyclic) bond motifs is 2. The molecule has 5 rings (SSSR count). The fourth-order valence-corrected chi connectivity index (χ4v) is 7.94. The molecule has 1 aliphatic carbocycles. The van der Waals surface area contributed by atoms with Crippen LogP contribution in [0.4, 0.5) is 11.4 Å². The molecule has 2 heterocycles. The van der Waals surface area contributed by atoms with Crippen LogP contribution >= 0.6 is 11.6 Å². The Bertz CT molecular complexity index is 1860. The van der Waals surface area contributed by atoms with E-state index in [1.54, 1.807) is 9.48 Å². The van der Waals surface area contributed by atoms with Gasteiger partial charge in [-0.2, -0.15) is 4.58 Å². The van der Waals surface area contributed by atoms with E-state index in [2.05, 4.69) is 6.92 Å². The molecule has 2 aromatic carbocycles. The number of nitrogens with zero attached hydrogens (tertiary/aromatic N) is 2. The second-order valence-corrected chi connectivity index (χ2v) is 15.1. The third-order valence-electron chi connectivity index (χ3n) is 8.42. The molecule has 2 atom stereocenters. The molecule has 44 heavy (non-hydrogen) atoms. The van der Waals surface area contributed by atoms with E-state index in [0.29, 0.717) is 40.7 Å². The first-order valence-corrected chi connectivity index (χ1v) is 17.6. The van der Waals surface area contributed by atoms with Gasteiger partial charge < -0.3 is 14.0 Å². The zero-order valence-corrected chi connectivity index (χ0v) is 29.8. The van der Waals surface area contributed by atoms with Gasteiger partial charge in [-0.05, 0) is 61.5 Å². The number of benzene rings is 2. The normalized spacial score (nSPS) is 23.5. The molecule has 0 amide bonds. The summed E-state index contributed by atoms with van der Waals surface area (Å²) >= 11 is 6.96. The van der Waals surface area contributed by atoms with Crippen LogP contribution in [0.25, 0.3) is 0 Å². The molecule has 3 aliphatic rings. The average molecular weight is 665 g/mol. The number of allylic oxidation sites excluding steroid dienone is 8. The van der Waals surface area contributed by atoms with Gasteiger partial charge in [-0.1, -0.05) is 74.0 Å². The molecule has 0 saturated heterocycles. The first-order chi connectivity index (χ1) is 20.1. The Morgan fingerprint density at radius 3 is 2.30 bits per heavy atom. The van der Waals surface area contributed by atoms with E-state index >= 15 is 0 Å². The van der Waals surface area contributed by atoms with Crippen LogP contribution in [0.2, 0.25) is 0 Å². The molecule has 0 fully saturated rings. The summed E-state index contributed by atoms with van der Waals surface area (Å²) in [6.45, 7) is 8.08. The average Bonchev–Trinajstić information content (AvgIpc) is 3.28. The molecule has 0 radical (unpaired) electrons. The first-order valence-electron chi connectivity index (χ1n) is 14.0. The molecular weight excluding hydrogens is 631 g/mol. The Morgan fingerprint density at radius 2 is 1.61 bits per heavy atom. The monoisotopic (exact) mass is 664 g/mol. The third kappa shape index (κ3) is 7.18. The molecule has 8 nitrogen and oxygen atoms in total. The molecule has 0 aromatic heterocycles. The zero-order chi connectivity index (χ0) is 31.3. The molecule has 2 unspecified atom stereocenters. The van der Waals surface area contributed by atoms with E-state index in [4.69, 9.17) is 11.6 Å². The van der Waals surface area contributed by atoms with Gasteiger partial charge in [0.2, 0.25) is 11.6 Å². The van der Waals surface area contributed by atoms with Gasteiger partial charge in [-0.25, -0.2) is 16.8 Å². The van der Waals surface area contributed by atoms with Gasteiger partial charge in [0.15, 0.2) is 15.8 Å². The summed E-state index contributed by atoms with van der Waals surface area (Å²) in [5.41, 5.74) is 5.84. The van der Waals surface area contributed by atoms with E-state index in [0.717, 1.165) is 22.3 Å². The van der Waals surface area contributed by atoms with Gasteiger partial charge in [-0.3, -0.25) is 0 Å². The van der Waals surface area contributed by atoms with Crippen LogP contribution in [0.5, 0.6) is 0 Å². The predicted octanol–water partition coefficient (Wildman–Crippen LogP) is 2.99. The molecular formula is C32H34ClN2NaO6S2. The summed E-state index contributed by atoms with van der Waals surface area (Å²) in [7, 11) is -9.09. The van der Waals surface area contributed by atoms with Gasteiger partial charge >= 0.3 is 29.6 Å². The quantitative estimate of drug-likeness (QED) is 0.254. The first kappa shape index (κ1) is 34.8. The fourth-order valence-electron chi connectivity index (χ4n) is 6.46. The van der Waals surface area contributed by atoms with Crippen LogP contribution < -0.4 is 34.5 Å². The molecule has 2 aromatic rings. The third-order valence-corrected chi connectivity index (χ3v) is 10.1. The smallest absolute Gasteiger partial charge is 0.747 e. The molecule has 0 bridgehead atoms. The van der Waals surface area contributed by atoms with Crippen LogP contribution in [-0.4, -0.2) is 48.0 Å². The van der Waals surface area contributed by atoms with E-state index in [1.807, 2.05) is 93.6 Å². The molecule has 2 aliphatic heterocycles. The standard InChI is InChI=1S/C32H35ClN2O6S2.Na/c1-21-17-23(13-15-27-22(2)25-9-5-7-11-28(25)34(27)19-42(36,37)38)31(33)24(18-21)14-16-30-32(3,4)26-10-6-8-12-29(26)35(30)20-43(39,40)41;/h5-16,21-22H,17-20H2,1-4H3,(H-,36,37,38,39,40,41);/q;+1/p-1. The summed E-state index contributed by atoms with van der Waals surface area (Å²) in [4.78, 5) is 1.55.